The number of hydrogen-bond acceptors (Lipinski definition) is 7. The van der Waals surface area contributed by atoms with E-state index in [1.807, 2.05) is 48.5 Å². The molecule has 2 aromatic heterocycles. The van der Waals surface area contributed by atoms with Crippen LogP contribution in [0.25, 0.3) is 22.5 Å². The molecule has 0 spiro atoms. The molecule has 1 atom stereocenters. The van der Waals surface area contributed by atoms with Crippen LogP contribution in [0.3, 0.4) is 0 Å². The van der Waals surface area contributed by atoms with E-state index in [4.69, 9.17) is 21.1 Å². The van der Waals surface area contributed by atoms with Crippen molar-refractivity contribution in [1.29, 1.82) is 0 Å². The van der Waals surface area contributed by atoms with Gasteiger partial charge in [0.05, 0.1) is 24.6 Å². The molecule has 1 saturated heterocycles. The molecule has 0 aliphatic carbocycles. The smallest absolute Gasteiger partial charge is 0.266 e. The van der Waals surface area contributed by atoms with E-state index < -0.39 is 0 Å². The SMILES string of the molecule is C[C@@H]1CCCN1CCCOc1ccc(-c2ccc(=O)n(C)n2)cc1.Cn1nc(-c2ccc(OCCCCl)cc2)ccc1=O. The molecule has 0 N–H and O–H groups in total. The maximum absolute atomic E-state index is 11.4. The zero-order valence-corrected chi connectivity index (χ0v) is 25.9. The van der Waals surface area contributed by atoms with E-state index in [-0.39, 0.29) is 11.1 Å². The third-order valence-electron chi connectivity index (χ3n) is 7.32. The average Bonchev–Trinajstić information content (AvgIpc) is 3.43. The Bertz CT molecular complexity index is 1550. The van der Waals surface area contributed by atoms with Crippen LogP contribution in [0.1, 0.15) is 32.6 Å². The monoisotopic (exact) mass is 605 g/mol. The average molecular weight is 606 g/mol. The van der Waals surface area contributed by atoms with Gasteiger partial charge in [-0.05, 0) is 99.8 Å². The van der Waals surface area contributed by atoms with Gasteiger partial charge in [0.15, 0.2) is 0 Å². The van der Waals surface area contributed by atoms with Crippen LogP contribution in [-0.4, -0.2) is 62.7 Å². The fourth-order valence-corrected chi connectivity index (χ4v) is 4.89. The van der Waals surface area contributed by atoms with E-state index in [9.17, 15) is 9.59 Å². The number of nitrogens with zero attached hydrogens (tertiary/aromatic N) is 5. The van der Waals surface area contributed by atoms with Crippen molar-refractivity contribution in [3.63, 3.8) is 0 Å². The van der Waals surface area contributed by atoms with Crippen LogP contribution in [0.15, 0.2) is 82.4 Å². The Morgan fingerprint density at radius 2 is 1.23 bits per heavy atom. The lowest BCUT2D eigenvalue weighted by atomic mass is 10.1. The number of aryl methyl sites for hydroxylation is 2. The van der Waals surface area contributed by atoms with Gasteiger partial charge >= 0.3 is 0 Å². The van der Waals surface area contributed by atoms with Gasteiger partial charge in [-0.15, -0.1) is 11.6 Å². The van der Waals surface area contributed by atoms with Crippen LogP contribution in [0.4, 0.5) is 0 Å². The predicted molar refractivity (Wildman–Crippen MR) is 171 cm³/mol. The normalized spacial score (nSPS) is 14.7. The highest BCUT2D eigenvalue weighted by Gasteiger charge is 2.19. The molecule has 2 aromatic carbocycles. The van der Waals surface area contributed by atoms with Gasteiger partial charge < -0.3 is 14.4 Å². The van der Waals surface area contributed by atoms with Gasteiger partial charge in [-0.3, -0.25) is 9.59 Å². The van der Waals surface area contributed by atoms with Gasteiger partial charge in [-0.1, -0.05) is 0 Å². The van der Waals surface area contributed by atoms with Crippen LogP contribution in [-0.2, 0) is 14.1 Å². The molecule has 1 aliphatic heterocycles. The fraction of sp³-hybridized carbons (Fsp3) is 0.394. The minimum Gasteiger partial charge on any atom is -0.494 e. The van der Waals surface area contributed by atoms with E-state index in [1.54, 1.807) is 26.2 Å². The van der Waals surface area contributed by atoms with Crippen molar-refractivity contribution in [2.75, 3.05) is 32.2 Å². The molecule has 4 aromatic rings. The highest BCUT2D eigenvalue weighted by atomic mass is 35.5. The minimum atomic E-state index is -0.121. The van der Waals surface area contributed by atoms with Crippen LogP contribution < -0.4 is 20.6 Å². The van der Waals surface area contributed by atoms with Crippen molar-refractivity contribution in [2.24, 2.45) is 14.1 Å². The van der Waals surface area contributed by atoms with E-state index in [1.165, 1.54) is 40.9 Å². The second-order valence-corrected chi connectivity index (χ2v) is 10.9. The summed E-state index contributed by atoms with van der Waals surface area (Å²) in [6, 6.07) is 22.7. The number of alkyl halides is 1. The predicted octanol–water partition coefficient (Wildman–Crippen LogP) is 5.16. The molecule has 3 heterocycles. The van der Waals surface area contributed by atoms with Crippen LogP contribution in [0.2, 0.25) is 0 Å². The number of aromatic nitrogens is 4. The molecule has 1 fully saturated rings. The summed E-state index contributed by atoms with van der Waals surface area (Å²) >= 11 is 5.58. The van der Waals surface area contributed by atoms with Gasteiger partial charge in [0.1, 0.15) is 11.5 Å². The first-order chi connectivity index (χ1) is 20.8. The van der Waals surface area contributed by atoms with E-state index in [0.29, 0.717) is 12.5 Å². The Morgan fingerprint density at radius 3 is 1.65 bits per heavy atom. The van der Waals surface area contributed by atoms with E-state index in [0.717, 1.165) is 66.0 Å². The molecule has 9 nitrogen and oxygen atoms in total. The Hall–Kier alpha value is -3.95. The third-order valence-corrected chi connectivity index (χ3v) is 7.58. The summed E-state index contributed by atoms with van der Waals surface area (Å²) in [5.41, 5.74) is 3.24. The highest BCUT2D eigenvalue weighted by Crippen LogP contribution is 2.21. The van der Waals surface area contributed by atoms with Gasteiger partial charge in [-0.2, -0.15) is 10.2 Å². The Morgan fingerprint density at radius 1 is 0.744 bits per heavy atom. The van der Waals surface area contributed by atoms with Gasteiger partial charge in [0, 0.05) is 55.8 Å². The van der Waals surface area contributed by atoms with Gasteiger partial charge in [-0.25, -0.2) is 9.36 Å². The molecule has 0 unspecified atom stereocenters. The summed E-state index contributed by atoms with van der Waals surface area (Å²) in [7, 11) is 3.29. The molecule has 0 bridgehead atoms. The minimum absolute atomic E-state index is 0.106. The first-order valence-corrected chi connectivity index (χ1v) is 15.2. The lowest BCUT2D eigenvalue weighted by molar-refractivity contribution is 0.230. The summed E-state index contributed by atoms with van der Waals surface area (Å²) in [6.45, 7) is 5.99. The van der Waals surface area contributed by atoms with Gasteiger partial charge in [0.25, 0.3) is 11.1 Å². The largest absolute Gasteiger partial charge is 0.494 e. The molecule has 10 heteroatoms. The number of likely N-dealkylation sites (tertiary alicyclic amines) is 1. The zero-order valence-electron chi connectivity index (χ0n) is 25.1. The Kier molecular flexibility index (Phi) is 11.9. The topological polar surface area (TPSA) is 91.5 Å². The summed E-state index contributed by atoms with van der Waals surface area (Å²) < 4.78 is 14.0. The second-order valence-electron chi connectivity index (χ2n) is 10.5. The third kappa shape index (κ3) is 9.53. The Balaban J connectivity index is 0.000000203. The molecule has 0 saturated carbocycles. The number of ether oxygens (including phenoxy) is 2. The summed E-state index contributed by atoms with van der Waals surface area (Å²) in [4.78, 5) is 25.2. The highest BCUT2D eigenvalue weighted by molar-refractivity contribution is 6.17. The summed E-state index contributed by atoms with van der Waals surface area (Å²) in [5, 5.41) is 8.45. The van der Waals surface area contributed by atoms with Crippen molar-refractivity contribution in [1.82, 2.24) is 24.5 Å². The lowest BCUT2D eigenvalue weighted by Gasteiger charge is -2.20. The number of rotatable bonds is 11. The maximum atomic E-state index is 11.4. The summed E-state index contributed by atoms with van der Waals surface area (Å²) in [5.74, 6) is 2.27. The molecule has 0 radical (unpaired) electrons. The molecule has 228 valence electrons. The fourth-order valence-electron chi connectivity index (χ4n) is 4.78. The first kappa shape index (κ1) is 32.0. The van der Waals surface area contributed by atoms with Crippen molar-refractivity contribution in [3.05, 3.63) is 93.5 Å². The zero-order chi connectivity index (χ0) is 30.6. The van der Waals surface area contributed by atoms with Crippen LogP contribution in [0, 0.1) is 0 Å². The van der Waals surface area contributed by atoms with E-state index in [2.05, 4.69) is 22.0 Å². The number of hydrogen-bond donors (Lipinski definition) is 0. The first-order valence-electron chi connectivity index (χ1n) is 14.7. The molecule has 43 heavy (non-hydrogen) atoms. The van der Waals surface area contributed by atoms with Crippen molar-refractivity contribution >= 4 is 11.6 Å². The molecule has 1 aliphatic rings. The van der Waals surface area contributed by atoms with Crippen molar-refractivity contribution in [2.45, 2.75) is 38.6 Å². The Labute approximate surface area is 257 Å². The standard InChI is InChI=1S/C19H25N3O2.C14H15ClN2O2/c1-15-5-3-12-22(15)13-4-14-24-17-8-6-16(7-9-17)18-10-11-19(23)21(2)20-18;1-17-14(18)8-7-13(16-17)11-3-5-12(6-4-11)19-10-2-9-15/h6-11,15H,3-5,12-14H2,1-2H3;3-8H,2,9-10H2,1H3/t15-;/m1./s1. The quantitative estimate of drug-likeness (QED) is 0.172. The van der Waals surface area contributed by atoms with Crippen LogP contribution >= 0.6 is 11.6 Å². The van der Waals surface area contributed by atoms with Gasteiger partial charge in [0.2, 0.25) is 0 Å². The van der Waals surface area contributed by atoms with Crippen LogP contribution in [0.5, 0.6) is 11.5 Å². The second kappa shape index (κ2) is 16.0. The summed E-state index contributed by atoms with van der Waals surface area (Å²) in [6.07, 6.45) is 4.52. The molecule has 5 rings (SSSR count). The molecular weight excluding hydrogens is 566 g/mol. The number of benzene rings is 2. The molecule has 0 amide bonds. The van der Waals surface area contributed by atoms with Crippen molar-refractivity contribution < 1.29 is 9.47 Å². The van der Waals surface area contributed by atoms with Crippen molar-refractivity contribution in [3.8, 4) is 34.0 Å². The van der Waals surface area contributed by atoms with E-state index >= 15 is 0 Å². The lowest BCUT2D eigenvalue weighted by Crippen LogP contribution is -2.28. The number of halogens is 1. The molecular formula is C33H40ClN5O4. The maximum Gasteiger partial charge on any atom is 0.266 e.